The van der Waals surface area contributed by atoms with Gasteiger partial charge in [0.1, 0.15) is 5.25 Å². The van der Waals surface area contributed by atoms with Crippen molar-refractivity contribution in [3.63, 3.8) is 0 Å². The Balaban J connectivity index is 2.20. The molecule has 0 aliphatic heterocycles. The monoisotopic (exact) mass is 312 g/mol. The molecule has 2 rings (SSSR count). The Kier molecular flexibility index (Phi) is 5.22. The summed E-state index contributed by atoms with van der Waals surface area (Å²) in [6.45, 7) is 2.34. The second-order valence-electron chi connectivity index (χ2n) is 4.14. The molecule has 0 bridgehead atoms. The number of ether oxygens (including phenoxy) is 1. The van der Waals surface area contributed by atoms with E-state index < -0.39 is 0 Å². The van der Waals surface area contributed by atoms with Gasteiger partial charge in [0.2, 0.25) is 0 Å². The number of esters is 1. The van der Waals surface area contributed by atoms with Gasteiger partial charge in [0.05, 0.1) is 32.2 Å². The van der Waals surface area contributed by atoms with Gasteiger partial charge in [-0.25, -0.2) is 4.98 Å². The first kappa shape index (κ1) is 15.1. The van der Waals surface area contributed by atoms with Crippen molar-refractivity contribution in [1.82, 2.24) is 9.55 Å². The Morgan fingerprint density at radius 3 is 3.05 bits per heavy atom. The number of rotatable bonds is 6. The number of methoxy groups -OCH3 is 1. The van der Waals surface area contributed by atoms with Crippen LogP contribution in [0.25, 0.3) is 0 Å². The van der Waals surface area contributed by atoms with Crippen LogP contribution in [0.4, 0.5) is 0 Å². The fourth-order valence-corrected chi connectivity index (χ4v) is 3.34. The van der Waals surface area contributed by atoms with Gasteiger partial charge in [-0.2, -0.15) is 0 Å². The Morgan fingerprint density at radius 2 is 2.45 bits per heavy atom. The van der Waals surface area contributed by atoms with E-state index in [1.807, 2.05) is 22.1 Å². The topological polar surface area (TPSA) is 64.3 Å². The van der Waals surface area contributed by atoms with E-state index in [4.69, 9.17) is 4.74 Å². The van der Waals surface area contributed by atoms with Crippen molar-refractivity contribution in [1.29, 1.82) is 0 Å². The molecule has 0 aromatic carbocycles. The van der Waals surface area contributed by atoms with Gasteiger partial charge in [-0.05, 0) is 18.4 Å². The van der Waals surface area contributed by atoms with Crippen molar-refractivity contribution < 1.29 is 14.6 Å². The van der Waals surface area contributed by atoms with Gasteiger partial charge < -0.3 is 14.4 Å². The fraction of sp³-hybridized carbons (Fsp3) is 0.385. The first-order chi connectivity index (χ1) is 9.65. The summed E-state index contributed by atoms with van der Waals surface area (Å²) in [7, 11) is 1.37. The van der Waals surface area contributed by atoms with Crippen molar-refractivity contribution in [2.45, 2.75) is 30.5 Å². The molecule has 0 amide bonds. The van der Waals surface area contributed by atoms with E-state index >= 15 is 0 Å². The summed E-state index contributed by atoms with van der Waals surface area (Å²) in [6, 6.07) is 4.02. The van der Waals surface area contributed by atoms with E-state index in [2.05, 4.69) is 4.98 Å². The number of aromatic nitrogens is 2. The number of carbonyl (C=O) groups excluding carboxylic acids is 1. The van der Waals surface area contributed by atoms with Gasteiger partial charge in [0, 0.05) is 4.88 Å². The molecule has 2 aromatic heterocycles. The number of hydrogen-bond donors (Lipinski definition) is 1. The Morgan fingerprint density at radius 1 is 1.65 bits per heavy atom. The number of thiophene rings is 1. The molecular weight excluding hydrogens is 296 g/mol. The number of thioether (sulfide) groups is 1. The lowest BCUT2D eigenvalue weighted by atomic mass is 10.4. The van der Waals surface area contributed by atoms with Crippen molar-refractivity contribution in [2.75, 3.05) is 7.11 Å². The van der Waals surface area contributed by atoms with Crippen LogP contribution >= 0.6 is 23.1 Å². The quantitative estimate of drug-likeness (QED) is 0.654. The van der Waals surface area contributed by atoms with Crippen molar-refractivity contribution in [3.8, 4) is 0 Å². The van der Waals surface area contributed by atoms with Gasteiger partial charge in [0.25, 0.3) is 0 Å². The van der Waals surface area contributed by atoms with E-state index in [-0.39, 0.29) is 17.8 Å². The van der Waals surface area contributed by atoms with Gasteiger partial charge in [-0.15, -0.1) is 11.3 Å². The highest BCUT2D eigenvalue weighted by molar-refractivity contribution is 8.00. The molecule has 2 heterocycles. The van der Waals surface area contributed by atoms with Crippen LogP contribution in [0.1, 0.15) is 17.5 Å². The third kappa shape index (κ3) is 3.41. The predicted molar refractivity (Wildman–Crippen MR) is 78.9 cm³/mol. The maximum absolute atomic E-state index is 11.5. The lowest BCUT2D eigenvalue weighted by Gasteiger charge is -2.12. The Bertz CT molecular complexity index is 566. The summed E-state index contributed by atoms with van der Waals surface area (Å²) < 4.78 is 6.65. The molecule has 7 heteroatoms. The van der Waals surface area contributed by atoms with Crippen LogP contribution in [0.3, 0.4) is 0 Å². The van der Waals surface area contributed by atoms with Crippen LogP contribution in [0.15, 0.2) is 28.9 Å². The minimum absolute atomic E-state index is 0.0778. The Labute approximate surface area is 125 Å². The predicted octanol–water partition coefficient (Wildman–Crippen LogP) is 2.14. The number of aliphatic hydroxyl groups is 1. The van der Waals surface area contributed by atoms with Crippen LogP contribution < -0.4 is 0 Å². The van der Waals surface area contributed by atoms with E-state index in [1.165, 1.54) is 23.7 Å². The zero-order valence-electron chi connectivity index (χ0n) is 11.3. The molecule has 20 heavy (non-hydrogen) atoms. The molecule has 0 aliphatic rings. The lowest BCUT2D eigenvalue weighted by molar-refractivity contribution is -0.139. The van der Waals surface area contributed by atoms with E-state index in [9.17, 15) is 9.90 Å². The zero-order chi connectivity index (χ0) is 14.5. The van der Waals surface area contributed by atoms with Crippen LogP contribution in [0.2, 0.25) is 0 Å². The highest BCUT2D eigenvalue weighted by Gasteiger charge is 2.19. The highest BCUT2D eigenvalue weighted by atomic mass is 32.2. The van der Waals surface area contributed by atoms with Crippen molar-refractivity contribution >= 4 is 29.1 Å². The summed E-state index contributed by atoms with van der Waals surface area (Å²) in [4.78, 5) is 17.0. The lowest BCUT2D eigenvalue weighted by Crippen LogP contribution is -2.16. The molecule has 0 radical (unpaired) electrons. The normalized spacial score (nSPS) is 12.3. The average molecular weight is 312 g/mol. The molecule has 2 aromatic rings. The van der Waals surface area contributed by atoms with Gasteiger partial charge >= 0.3 is 5.97 Å². The van der Waals surface area contributed by atoms with Crippen molar-refractivity contribution in [3.05, 3.63) is 34.3 Å². The minimum Gasteiger partial charge on any atom is -0.468 e. The van der Waals surface area contributed by atoms with Crippen LogP contribution in [-0.4, -0.2) is 33.0 Å². The van der Waals surface area contributed by atoms with E-state index in [1.54, 1.807) is 24.5 Å². The average Bonchev–Trinajstić information content (AvgIpc) is 3.09. The first-order valence-corrected chi connectivity index (χ1v) is 7.83. The third-order valence-corrected chi connectivity index (χ3v) is 4.72. The second-order valence-corrected chi connectivity index (χ2v) is 6.48. The summed E-state index contributed by atoms with van der Waals surface area (Å²) in [5.74, 6) is -0.286. The number of hydrogen-bond acceptors (Lipinski definition) is 6. The summed E-state index contributed by atoms with van der Waals surface area (Å²) in [5.41, 5.74) is 0.734. The Hall–Kier alpha value is -1.31. The van der Waals surface area contributed by atoms with Gasteiger partial charge in [-0.3, -0.25) is 4.79 Å². The second kappa shape index (κ2) is 6.92. The van der Waals surface area contributed by atoms with Gasteiger partial charge in [-0.1, -0.05) is 17.8 Å². The molecule has 0 aliphatic carbocycles. The molecule has 1 unspecified atom stereocenters. The molecule has 0 fully saturated rings. The van der Waals surface area contributed by atoms with Crippen LogP contribution in [0, 0.1) is 0 Å². The summed E-state index contributed by atoms with van der Waals surface area (Å²) in [6.07, 6.45) is 1.64. The molecule has 0 saturated heterocycles. The SMILES string of the molecule is COC(=O)C(C)Sc1ncc(CO)n1Cc1cccs1. The molecule has 5 nitrogen and oxygen atoms in total. The molecule has 1 atom stereocenters. The number of imidazole rings is 1. The summed E-state index contributed by atoms with van der Waals surface area (Å²) >= 11 is 2.98. The number of carbonyl (C=O) groups is 1. The largest absolute Gasteiger partial charge is 0.468 e. The first-order valence-electron chi connectivity index (χ1n) is 6.07. The van der Waals surface area contributed by atoms with E-state index in [0.717, 1.165) is 5.69 Å². The van der Waals surface area contributed by atoms with Gasteiger partial charge in [0.15, 0.2) is 5.16 Å². The zero-order valence-corrected chi connectivity index (χ0v) is 12.9. The fourth-order valence-electron chi connectivity index (χ4n) is 1.71. The highest BCUT2D eigenvalue weighted by Crippen LogP contribution is 2.25. The maximum Gasteiger partial charge on any atom is 0.318 e. The summed E-state index contributed by atoms with van der Waals surface area (Å²) in [5, 5.41) is 11.8. The number of nitrogens with zero attached hydrogens (tertiary/aromatic N) is 2. The van der Waals surface area contributed by atoms with Crippen LogP contribution in [0.5, 0.6) is 0 Å². The van der Waals surface area contributed by atoms with Crippen molar-refractivity contribution in [2.24, 2.45) is 0 Å². The van der Waals surface area contributed by atoms with E-state index in [0.29, 0.717) is 11.7 Å². The molecule has 0 spiro atoms. The maximum atomic E-state index is 11.5. The molecule has 108 valence electrons. The molecule has 1 N–H and O–H groups in total. The standard InChI is InChI=1S/C13H16N2O3S2/c1-9(12(17)18-2)20-13-14-6-10(8-16)15(13)7-11-4-3-5-19-11/h3-6,9,16H,7-8H2,1-2H3. The number of aliphatic hydroxyl groups excluding tert-OH is 1. The van der Waals surface area contributed by atoms with Crippen LogP contribution in [-0.2, 0) is 22.7 Å². The third-order valence-electron chi connectivity index (χ3n) is 2.77. The molecule has 0 saturated carbocycles. The minimum atomic E-state index is -0.337. The smallest absolute Gasteiger partial charge is 0.318 e. The molecular formula is C13H16N2O3S2.